The molecule has 0 spiro atoms. The van der Waals surface area contributed by atoms with Gasteiger partial charge in [-0.15, -0.1) is 0 Å². The second kappa shape index (κ2) is 6.78. The van der Waals surface area contributed by atoms with E-state index < -0.39 is 12.1 Å². The summed E-state index contributed by atoms with van der Waals surface area (Å²) < 4.78 is 5.56. The van der Waals surface area contributed by atoms with Gasteiger partial charge in [0.15, 0.2) is 11.9 Å². The molecule has 6 heteroatoms. The number of carbonyl (C=O) groups is 2. The molecule has 0 saturated heterocycles. The first kappa shape index (κ1) is 18.5. The molecule has 4 bridgehead atoms. The third-order valence-corrected chi connectivity index (χ3v) is 7.33. The minimum atomic E-state index is -0.743. The van der Waals surface area contributed by atoms with E-state index in [1.807, 2.05) is 0 Å². The molecule has 1 atom stereocenters. The molecule has 1 aromatic carbocycles. The third-order valence-electron chi connectivity index (χ3n) is 7.33. The molecular formula is C23H26N2O4. The monoisotopic (exact) mass is 394 g/mol. The van der Waals surface area contributed by atoms with E-state index in [2.05, 4.69) is 10.2 Å². The maximum absolute atomic E-state index is 13.3. The van der Waals surface area contributed by atoms with Crippen LogP contribution in [0.3, 0.4) is 0 Å². The smallest absolute Gasteiger partial charge is 0.312 e. The number of hydrogen-bond donors (Lipinski definition) is 1. The number of aromatic amines is 1. The summed E-state index contributed by atoms with van der Waals surface area (Å²) in [6.07, 6.45) is 5.88. The Morgan fingerprint density at radius 2 is 1.69 bits per heavy atom. The van der Waals surface area contributed by atoms with Crippen molar-refractivity contribution >= 4 is 22.5 Å². The summed E-state index contributed by atoms with van der Waals surface area (Å²) in [4.78, 5) is 37.8. The Morgan fingerprint density at radius 1 is 1.10 bits per heavy atom. The highest BCUT2D eigenvalue weighted by Gasteiger charge is 2.55. The number of benzene rings is 1. The number of ketones is 1. The number of ether oxygens (including phenoxy) is 1. The van der Waals surface area contributed by atoms with E-state index in [1.54, 1.807) is 31.2 Å². The molecule has 0 unspecified atom stereocenters. The number of rotatable bonds is 5. The molecule has 1 heterocycles. The molecule has 4 fully saturated rings. The molecule has 6 rings (SSSR count). The molecule has 0 aliphatic heterocycles. The van der Waals surface area contributed by atoms with Crippen LogP contribution in [0.2, 0.25) is 0 Å². The zero-order chi connectivity index (χ0) is 20.2. The Hall–Kier alpha value is -2.50. The zero-order valence-corrected chi connectivity index (χ0v) is 16.6. The van der Waals surface area contributed by atoms with Crippen LogP contribution in [0.1, 0.15) is 51.1 Å². The van der Waals surface area contributed by atoms with E-state index in [1.165, 1.54) is 19.3 Å². The second-order valence-electron chi connectivity index (χ2n) is 9.42. The first-order valence-corrected chi connectivity index (χ1v) is 10.6. The average Bonchev–Trinajstić information content (AvgIpc) is 2.68. The Balaban J connectivity index is 1.30. The number of fused-ring (bicyclic) bond motifs is 1. The predicted molar refractivity (Wildman–Crippen MR) is 107 cm³/mol. The summed E-state index contributed by atoms with van der Waals surface area (Å²) >= 11 is 0. The van der Waals surface area contributed by atoms with Crippen molar-refractivity contribution in [1.29, 1.82) is 0 Å². The maximum Gasteiger partial charge on any atom is 0.312 e. The molecule has 1 aromatic heterocycles. The van der Waals surface area contributed by atoms with Crippen molar-refractivity contribution < 1.29 is 14.3 Å². The van der Waals surface area contributed by atoms with Crippen LogP contribution in [0.15, 0.2) is 29.1 Å². The van der Waals surface area contributed by atoms with E-state index in [9.17, 15) is 14.4 Å². The van der Waals surface area contributed by atoms with E-state index in [4.69, 9.17) is 4.74 Å². The van der Waals surface area contributed by atoms with Gasteiger partial charge in [0.25, 0.3) is 5.56 Å². The van der Waals surface area contributed by atoms with Gasteiger partial charge in [0.2, 0.25) is 0 Å². The number of hydrogen-bond acceptors (Lipinski definition) is 5. The normalized spacial score (nSPS) is 31.0. The lowest BCUT2D eigenvalue weighted by Gasteiger charge is -2.56. The lowest BCUT2D eigenvalue weighted by Crippen LogP contribution is -2.52. The van der Waals surface area contributed by atoms with Crippen molar-refractivity contribution in [1.82, 2.24) is 10.2 Å². The maximum atomic E-state index is 13.3. The number of carbonyl (C=O) groups excluding carboxylic acids is 2. The molecule has 6 nitrogen and oxygen atoms in total. The fourth-order valence-corrected chi connectivity index (χ4v) is 6.58. The quantitative estimate of drug-likeness (QED) is 0.787. The summed E-state index contributed by atoms with van der Waals surface area (Å²) in [5.74, 6) is 1.63. The highest BCUT2D eigenvalue weighted by atomic mass is 16.5. The minimum Gasteiger partial charge on any atom is -0.454 e. The van der Waals surface area contributed by atoms with E-state index >= 15 is 0 Å². The van der Waals surface area contributed by atoms with Gasteiger partial charge in [0, 0.05) is 10.8 Å². The van der Waals surface area contributed by atoms with Gasteiger partial charge in [-0.3, -0.25) is 14.4 Å². The highest BCUT2D eigenvalue weighted by Crippen LogP contribution is 2.60. The number of nitrogens with zero attached hydrogens (tertiary/aromatic N) is 1. The Labute approximate surface area is 169 Å². The number of nitrogens with one attached hydrogen (secondary N) is 1. The van der Waals surface area contributed by atoms with E-state index in [0.29, 0.717) is 34.2 Å². The number of Topliss-reactive ketones (excluding diaryl/α,β-unsaturated/α-hetero) is 1. The number of esters is 1. The summed E-state index contributed by atoms with van der Waals surface area (Å²) in [7, 11) is 0. The van der Waals surface area contributed by atoms with Crippen LogP contribution >= 0.6 is 0 Å². The van der Waals surface area contributed by atoms with E-state index in [0.717, 1.165) is 19.3 Å². The van der Waals surface area contributed by atoms with Gasteiger partial charge in [-0.05, 0) is 69.3 Å². The lowest BCUT2D eigenvalue weighted by molar-refractivity contribution is -0.164. The van der Waals surface area contributed by atoms with Crippen molar-refractivity contribution in [2.45, 2.75) is 58.0 Å². The highest BCUT2D eigenvalue weighted by molar-refractivity contribution is 5.92. The van der Waals surface area contributed by atoms with Gasteiger partial charge < -0.3 is 4.74 Å². The van der Waals surface area contributed by atoms with Crippen LogP contribution in [0.25, 0.3) is 10.8 Å². The lowest BCUT2D eigenvalue weighted by atomic mass is 9.48. The first-order chi connectivity index (χ1) is 13.9. The summed E-state index contributed by atoms with van der Waals surface area (Å²) in [6.45, 7) is 1.71. The van der Waals surface area contributed by atoms with Crippen LogP contribution in [-0.2, 0) is 20.7 Å². The van der Waals surface area contributed by atoms with Crippen LogP contribution in [0.4, 0.5) is 0 Å². The molecule has 4 aliphatic carbocycles. The topological polar surface area (TPSA) is 89.1 Å². The molecule has 2 aromatic rings. The Kier molecular flexibility index (Phi) is 4.33. The van der Waals surface area contributed by atoms with Crippen LogP contribution in [0, 0.1) is 23.2 Å². The van der Waals surface area contributed by atoms with Crippen molar-refractivity contribution in [2.75, 3.05) is 0 Å². The molecule has 29 heavy (non-hydrogen) atoms. The van der Waals surface area contributed by atoms with Crippen molar-refractivity contribution in [3.63, 3.8) is 0 Å². The van der Waals surface area contributed by atoms with Gasteiger partial charge >= 0.3 is 5.97 Å². The van der Waals surface area contributed by atoms with Crippen LogP contribution in [0.5, 0.6) is 0 Å². The molecule has 152 valence electrons. The first-order valence-electron chi connectivity index (χ1n) is 10.6. The number of aromatic nitrogens is 2. The molecule has 0 radical (unpaired) electrons. The summed E-state index contributed by atoms with van der Waals surface area (Å²) in [5, 5.41) is 7.58. The summed E-state index contributed by atoms with van der Waals surface area (Å²) in [5.41, 5.74) is -0.111. The minimum absolute atomic E-state index is 0.0736. The third kappa shape index (κ3) is 3.18. The van der Waals surface area contributed by atoms with Gasteiger partial charge in [0.05, 0.1) is 17.5 Å². The SMILES string of the molecule is C[C@H](OC(=O)Cc1n[nH]c(=O)c2ccccc12)C(=O)C12CC3CC(CC(C3)C1)C2. The zero-order valence-electron chi connectivity index (χ0n) is 16.6. The Morgan fingerprint density at radius 3 is 2.31 bits per heavy atom. The van der Waals surface area contributed by atoms with Gasteiger partial charge in [-0.1, -0.05) is 18.2 Å². The van der Waals surface area contributed by atoms with Gasteiger partial charge in [-0.2, -0.15) is 5.10 Å². The van der Waals surface area contributed by atoms with E-state index in [-0.39, 0.29) is 23.2 Å². The van der Waals surface area contributed by atoms with Gasteiger partial charge in [0.1, 0.15) is 0 Å². The van der Waals surface area contributed by atoms with Crippen molar-refractivity contribution in [3.05, 3.63) is 40.3 Å². The molecule has 4 aliphatic rings. The van der Waals surface area contributed by atoms with Crippen molar-refractivity contribution in [2.24, 2.45) is 23.2 Å². The standard InChI is InChI=1S/C23H26N2O4/c1-13(21(27)23-10-14-6-15(11-23)8-16(7-14)12-23)29-20(26)9-19-17-4-2-3-5-18(17)22(28)25-24-19/h2-5,13-16H,6-12H2,1H3,(H,25,28)/t13-,14?,15?,16?,23?/m0/s1. The summed E-state index contributed by atoms with van der Waals surface area (Å²) in [6, 6.07) is 7.04. The fraction of sp³-hybridized carbons (Fsp3) is 0.565. The van der Waals surface area contributed by atoms with Crippen LogP contribution in [-0.4, -0.2) is 28.1 Å². The molecule has 0 amide bonds. The largest absolute Gasteiger partial charge is 0.454 e. The predicted octanol–water partition coefficient (Wildman–Crippen LogP) is 3.18. The van der Waals surface area contributed by atoms with Gasteiger partial charge in [-0.25, -0.2) is 5.10 Å². The Bertz CT molecular complexity index is 1010. The van der Waals surface area contributed by atoms with Crippen LogP contribution < -0.4 is 5.56 Å². The second-order valence-corrected chi connectivity index (χ2v) is 9.42. The fourth-order valence-electron chi connectivity index (χ4n) is 6.58. The van der Waals surface area contributed by atoms with Crippen molar-refractivity contribution in [3.8, 4) is 0 Å². The molecule has 1 N–H and O–H groups in total. The average molecular weight is 394 g/mol. The molecular weight excluding hydrogens is 368 g/mol. The number of H-pyrrole nitrogens is 1. The molecule has 4 saturated carbocycles.